The zero-order valence-corrected chi connectivity index (χ0v) is 7.58. The quantitative estimate of drug-likeness (QED) is 0.513. The van der Waals surface area contributed by atoms with Gasteiger partial charge in [0, 0.05) is 11.3 Å². The molecule has 1 aromatic carbocycles. The van der Waals surface area contributed by atoms with Gasteiger partial charge in [-0.2, -0.15) is 0 Å². The molecule has 1 aromatic rings. The maximum absolute atomic E-state index is 10.1. The number of anilines is 1. The van der Waals surface area contributed by atoms with Gasteiger partial charge in [-0.05, 0) is 12.1 Å². The second kappa shape index (κ2) is 6.40. The normalized spacial score (nSPS) is 8.17. The summed E-state index contributed by atoms with van der Waals surface area (Å²) in [5, 5.41) is 0. The Morgan fingerprint density at radius 2 is 2.00 bits per heavy atom. The van der Waals surface area contributed by atoms with Crippen LogP contribution >= 0.6 is 0 Å². The van der Waals surface area contributed by atoms with Crippen LogP contribution < -0.4 is 5.73 Å². The Morgan fingerprint density at radius 1 is 1.42 bits per heavy atom. The van der Waals surface area contributed by atoms with E-state index in [4.69, 9.17) is 5.73 Å². The maximum Gasteiger partial charge on any atom is 0.150 e. The second-order valence-electron chi connectivity index (χ2n) is 2.50. The molecule has 2 nitrogen and oxygen atoms in total. The van der Waals surface area contributed by atoms with E-state index in [0.717, 1.165) is 6.29 Å². The summed E-state index contributed by atoms with van der Waals surface area (Å²) in [5.74, 6) is 0. The Bertz CT molecular complexity index is 233. The van der Waals surface area contributed by atoms with Crippen LogP contribution in [0.15, 0.2) is 24.3 Å². The van der Waals surface area contributed by atoms with Crippen molar-refractivity contribution in [3.05, 3.63) is 29.8 Å². The number of hydrogen-bond donors (Lipinski definition) is 1. The van der Waals surface area contributed by atoms with Crippen LogP contribution in [0.1, 0.15) is 30.6 Å². The number of rotatable bonds is 1. The SMILES string of the molecule is CCC.Nc1cccc(C=O)c1. The minimum Gasteiger partial charge on any atom is -0.399 e. The minimum absolute atomic E-state index is 0.620. The molecule has 0 amide bonds. The molecule has 0 radical (unpaired) electrons. The summed E-state index contributed by atoms with van der Waals surface area (Å²) in [7, 11) is 0. The van der Waals surface area contributed by atoms with Crippen molar-refractivity contribution < 1.29 is 4.79 Å². The van der Waals surface area contributed by atoms with Crippen molar-refractivity contribution in [3.8, 4) is 0 Å². The number of hydrogen-bond acceptors (Lipinski definition) is 2. The zero-order chi connectivity index (χ0) is 9.40. The van der Waals surface area contributed by atoms with E-state index in [1.807, 2.05) is 0 Å². The molecule has 0 saturated carbocycles. The maximum atomic E-state index is 10.1. The number of benzene rings is 1. The van der Waals surface area contributed by atoms with Crippen molar-refractivity contribution in [1.82, 2.24) is 0 Å². The molecule has 0 unspecified atom stereocenters. The largest absolute Gasteiger partial charge is 0.399 e. The molecule has 0 aliphatic carbocycles. The van der Waals surface area contributed by atoms with Gasteiger partial charge in [0.25, 0.3) is 0 Å². The third kappa shape index (κ3) is 4.50. The number of carbonyl (C=O) groups is 1. The Labute approximate surface area is 73.4 Å². The predicted octanol–water partition coefficient (Wildman–Crippen LogP) is 2.50. The molecule has 2 heteroatoms. The molecule has 0 heterocycles. The highest BCUT2D eigenvalue weighted by molar-refractivity contribution is 5.76. The molecule has 1 rings (SSSR count). The highest BCUT2D eigenvalue weighted by atomic mass is 16.1. The van der Waals surface area contributed by atoms with E-state index >= 15 is 0 Å². The highest BCUT2D eigenvalue weighted by Crippen LogP contribution is 2.02. The summed E-state index contributed by atoms with van der Waals surface area (Å²) in [6.45, 7) is 4.25. The van der Waals surface area contributed by atoms with E-state index in [2.05, 4.69) is 13.8 Å². The van der Waals surface area contributed by atoms with Crippen LogP contribution in [0, 0.1) is 0 Å². The first-order valence-corrected chi connectivity index (χ1v) is 4.05. The van der Waals surface area contributed by atoms with Crippen LogP contribution in [0.2, 0.25) is 0 Å². The summed E-state index contributed by atoms with van der Waals surface area (Å²) >= 11 is 0. The van der Waals surface area contributed by atoms with Crippen molar-refractivity contribution in [2.24, 2.45) is 0 Å². The minimum atomic E-state index is 0.620. The third-order valence-corrected chi connectivity index (χ3v) is 1.05. The smallest absolute Gasteiger partial charge is 0.150 e. The van der Waals surface area contributed by atoms with Crippen LogP contribution in [0.3, 0.4) is 0 Å². The van der Waals surface area contributed by atoms with E-state index in [-0.39, 0.29) is 0 Å². The van der Waals surface area contributed by atoms with Crippen molar-refractivity contribution in [1.29, 1.82) is 0 Å². The van der Waals surface area contributed by atoms with Crippen molar-refractivity contribution in [2.45, 2.75) is 20.3 Å². The van der Waals surface area contributed by atoms with E-state index in [0.29, 0.717) is 11.3 Å². The molecule has 0 aliphatic rings. The topological polar surface area (TPSA) is 43.1 Å². The number of nitrogen functional groups attached to an aromatic ring is 1. The Hall–Kier alpha value is -1.31. The van der Waals surface area contributed by atoms with Gasteiger partial charge in [-0.1, -0.05) is 32.4 Å². The number of nitrogens with two attached hydrogens (primary N) is 1. The first kappa shape index (κ1) is 10.7. The van der Waals surface area contributed by atoms with Crippen LogP contribution in [0.25, 0.3) is 0 Å². The Morgan fingerprint density at radius 3 is 2.33 bits per heavy atom. The van der Waals surface area contributed by atoms with Crippen LogP contribution in [-0.4, -0.2) is 6.29 Å². The summed E-state index contributed by atoms with van der Waals surface area (Å²) in [6.07, 6.45) is 2.02. The molecule has 0 spiro atoms. The molecular formula is C10H15NO. The first-order valence-electron chi connectivity index (χ1n) is 4.05. The lowest BCUT2D eigenvalue weighted by Crippen LogP contribution is -1.85. The van der Waals surface area contributed by atoms with Gasteiger partial charge >= 0.3 is 0 Å². The Balaban J connectivity index is 0.000000354. The zero-order valence-electron chi connectivity index (χ0n) is 7.58. The lowest BCUT2D eigenvalue weighted by atomic mass is 10.2. The van der Waals surface area contributed by atoms with Crippen LogP contribution in [-0.2, 0) is 0 Å². The molecule has 0 atom stereocenters. The highest BCUT2D eigenvalue weighted by Gasteiger charge is 1.86. The lowest BCUT2D eigenvalue weighted by Gasteiger charge is -1.90. The van der Waals surface area contributed by atoms with E-state index < -0.39 is 0 Å². The monoisotopic (exact) mass is 165 g/mol. The molecule has 0 bridgehead atoms. The van der Waals surface area contributed by atoms with Crippen molar-refractivity contribution in [2.75, 3.05) is 5.73 Å². The van der Waals surface area contributed by atoms with E-state index in [1.54, 1.807) is 24.3 Å². The van der Waals surface area contributed by atoms with Crippen molar-refractivity contribution >= 4 is 12.0 Å². The summed E-state index contributed by atoms with van der Waals surface area (Å²) in [5.41, 5.74) is 6.62. The number of carbonyl (C=O) groups excluding carboxylic acids is 1. The van der Waals surface area contributed by atoms with Gasteiger partial charge < -0.3 is 5.73 Å². The fourth-order valence-corrected chi connectivity index (χ4v) is 0.632. The Kier molecular flexibility index (Phi) is 5.70. The van der Waals surface area contributed by atoms with Crippen molar-refractivity contribution in [3.63, 3.8) is 0 Å². The van der Waals surface area contributed by atoms with Gasteiger partial charge in [0.1, 0.15) is 6.29 Å². The van der Waals surface area contributed by atoms with Gasteiger partial charge in [-0.25, -0.2) is 0 Å². The van der Waals surface area contributed by atoms with Gasteiger partial charge in [-0.3, -0.25) is 4.79 Å². The predicted molar refractivity (Wildman–Crippen MR) is 52.2 cm³/mol. The first-order chi connectivity index (χ1) is 5.74. The molecule has 0 aliphatic heterocycles. The molecular weight excluding hydrogens is 150 g/mol. The summed E-state index contributed by atoms with van der Waals surface area (Å²) in [4.78, 5) is 10.1. The van der Waals surface area contributed by atoms with Gasteiger partial charge in [0.05, 0.1) is 0 Å². The summed E-state index contributed by atoms with van der Waals surface area (Å²) in [6, 6.07) is 6.84. The van der Waals surface area contributed by atoms with Crippen LogP contribution in [0.4, 0.5) is 5.69 Å². The lowest BCUT2D eigenvalue weighted by molar-refractivity contribution is 0.112. The molecule has 0 fully saturated rings. The third-order valence-electron chi connectivity index (χ3n) is 1.05. The van der Waals surface area contributed by atoms with E-state index in [9.17, 15) is 4.79 Å². The number of aldehydes is 1. The molecule has 12 heavy (non-hydrogen) atoms. The van der Waals surface area contributed by atoms with Crippen LogP contribution in [0.5, 0.6) is 0 Å². The van der Waals surface area contributed by atoms with E-state index in [1.165, 1.54) is 6.42 Å². The van der Waals surface area contributed by atoms with Gasteiger partial charge in [-0.15, -0.1) is 0 Å². The standard InChI is InChI=1S/C7H7NO.C3H8/c8-7-3-1-2-6(4-7)5-9;1-3-2/h1-5H,8H2;3H2,1-2H3. The second-order valence-corrected chi connectivity index (χ2v) is 2.50. The molecule has 0 saturated heterocycles. The fourth-order valence-electron chi connectivity index (χ4n) is 0.632. The molecule has 2 N–H and O–H groups in total. The fraction of sp³-hybridized carbons (Fsp3) is 0.300. The average Bonchev–Trinajstić information content (AvgIpc) is 2.06. The average molecular weight is 165 g/mol. The molecule has 66 valence electrons. The van der Waals surface area contributed by atoms with Gasteiger partial charge in [0.2, 0.25) is 0 Å². The van der Waals surface area contributed by atoms with Gasteiger partial charge in [0.15, 0.2) is 0 Å². The summed E-state index contributed by atoms with van der Waals surface area (Å²) < 4.78 is 0. The molecule has 0 aromatic heterocycles.